The van der Waals surface area contributed by atoms with Gasteiger partial charge in [-0.1, -0.05) is 24.6 Å². The second kappa shape index (κ2) is 5.50. The fourth-order valence-corrected chi connectivity index (χ4v) is 2.10. The van der Waals surface area contributed by atoms with E-state index in [9.17, 15) is 4.39 Å². The maximum atomic E-state index is 14.0. The molecule has 18 heavy (non-hydrogen) atoms. The van der Waals surface area contributed by atoms with Crippen LogP contribution in [0.2, 0.25) is 5.02 Å². The first-order chi connectivity index (χ1) is 8.61. The number of halogens is 2. The van der Waals surface area contributed by atoms with Crippen molar-refractivity contribution in [1.82, 2.24) is 15.1 Å². The van der Waals surface area contributed by atoms with E-state index in [1.165, 1.54) is 6.07 Å². The Bertz CT molecular complexity index is 539. The SMILES string of the molecule is CCNC(c1cnn(C)c1)c1ccc(Cl)cc1F. The predicted molar refractivity (Wildman–Crippen MR) is 70.1 cm³/mol. The Kier molecular flexibility index (Phi) is 3.99. The van der Waals surface area contributed by atoms with Crippen LogP contribution in [0.4, 0.5) is 4.39 Å². The molecule has 96 valence electrons. The zero-order chi connectivity index (χ0) is 13.1. The number of rotatable bonds is 4. The molecule has 0 spiro atoms. The maximum Gasteiger partial charge on any atom is 0.129 e. The largest absolute Gasteiger partial charge is 0.306 e. The second-order valence-electron chi connectivity index (χ2n) is 4.10. The minimum Gasteiger partial charge on any atom is -0.306 e. The summed E-state index contributed by atoms with van der Waals surface area (Å²) < 4.78 is 15.7. The summed E-state index contributed by atoms with van der Waals surface area (Å²) in [7, 11) is 1.84. The van der Waals surface area contributed by atoms with Crippen LogP contribution in [-0.2, 0) is 7.05 Å². The van der Waals surface area contributed by atoms with Crippen molar-refractivity contribution in [3.05, 3.63) is 52.6 Å². The summed E-state index contributed by atoms with van der Waals surface area (Å²) in [4.78, 5) is 0. The van der Waals surface area contributed by atoms with Crippen molar-refractivity contribution in [2.75, 3.05) is 6.54 Å². The van der Waals surface area contributed by atoms with Gasteiger partial charge in [0.2, 0.25) is 0 Å². The lowest BCUT2D eigenvalue weighted by Gasteiger charge is -2.17. The van der Waals surface area contributed by atoms with Gasteiger partial charge in [-0.2, -0.15) is 5.10 Å². The third-order valence-electron chi connectivity index (χ3n) is 2.74. The van der Waals surface area contributed by atoms with E-state index in [1.54, 1.807) is 23.0 Å². The van der Waals surface area contributed by atoms with E-state index in [1.807, 2.05) is 20.2 Å². The van der Waals surface area contributed by atoms with Crippen molar-refractivity contribution in [2.24, 2.45) is 7.05 Å². The van der Waals surface area contributed by atoms with Gasteiger partial charge in [0.25, 0.3) is 0 Å². The molecule has 1 unspecified atom stereocenters. The minimum absolute atomic E-state index is 0.207. The van der Waals surface area contributed by atoms with Crippen molar-refractivity contribution in [3.8, 4) is 0 Å². The normalized spacial score (nSPS) is 12.7. The summed E-state index contributed by atoms with van der Waals surface area (Å²) >= 11 is 5.77. The third kappa shape index (κ3) is 2.71. The first kappa shape index (κ1) is 13.1. The van der Waals surface area contributed by atoms with E-state index in [0.29, 0.717) is 10.6 Å². The van der Waals surface area contributed by atoms with Gasteiger partial charge in [-0.3, -0.25) is 4.68 Å². The molecule has 1 atom stereocenters. The lowest BCUT2D eigenvalue weighted by Crippen LogP contribution is -2.22. The van der Waals surface area contributed by atoms with Crippen LogP contribution in [0.3, 0.4) is 0 Å². The highest BCUT2D eigenvalue weighted by Gasteiger charge is 2.18. The van der Waals surface area contributed by atoms with Crippen molar-refractivity contribution < 1.29 is 4.39 Å². The van der Waals surface area contributed by atoms with Gasteiger partial charge in [0.15, 0.2) is 0 Å². The van der Waals surface area contributed by atoms with Crippen molar-refractivity contribution in [3.63, 3.8) is 0 Å². The van der Waals surface area contributed by atoms with E-state index in [2.05, 4.69) is 10.4 Å². The Morgan fingerprint density at radius 1 is 1.50 bits per heavy atom. The van der Waals surface area contributed by atoms with Crippen LogP contribution >= 0.6 is 11.6 Å². The van der Waals surface area contributed by atoms with E-state index in [0.717, 1.165) is 12.1 Å². The molecule has 0 aliphatic rings. The standard InChI is InChI=1S/C13H15ClFN3/c1-3-16-13(9-7-17-18(2)8-9)11-5-4-10(14)6-12(11)15/h4-8,13,16H,3H2,1-2H3. The summed E-state index contributed by atoms with van der Waals surface area (Å²) in [6, 6.07) is 4.52. The smallest absolute Gasteiger partial charge is 0.129 e. The Morgan fingerprint density at radius 2 is 2.28 bits per heavy atom. The Balaban J connectivity index is 2.41. The highest BCUT2D eigenvalue weighted by Crippen LogP contribution is 2.26. The van der Waals surface area contributed by atoms with E-state index < -0.39 is 0 Å². The summed E-state index contributed by atoms with van der Waals surface area (Å²) in [5.74, 6) is -0.308. The lowest BCUT2D eigenvalue weighted by atomic mass is 10.0. The molecule has 0 radical (unpaired) electrons. The Morgan fingerprint density at radius 3 is 2.83 bits per heavy atom. The van der Waals surface area contributed by atoms with Crippen molar-refractivity contribution in [1.29, 1.82) is 0 Å². The highest BCUT2D eigenvalue weighted by atomic mass is 35.5. The molecule has 1 aromatic heterocycles. The number of aromatic nitrogens is 2. The molecule has 0 aliphatic heterocycles. The van der Waals surface area contributed by atoms with E-state index in [4.69, 9.17) is 11.6 Å². The molecule has 2 aromatic rings. The van der Waals surface area contributed by atoms with Gasteiger partial charge >= 0.3 is 0 Å². The molecular formula is C13H15ClFN3. The highest BCUT2D eigenvalue weighted by molar-refractivity contribution is 6.30. The molecule has 0 saturated carbocycles. The second-order valence-corrected chi connectivity index (χ2v) is 4.54. The zero-order valence-corrected chi connectivity index (χ0v) is 11.1. The average molecular weight is 268 g/mol. The molecule has 1 aromatic carbocycles. The predicted octanol–water partition coefficient (Wildman–Crippen LogP) is 2.91. The Labute approximate surface area is 111 Å². The van der Waals surface area contributed by atoms with Crippen molar-refractivity contribution in [2.45, 2.75) is 13.0 Å². The van der Waals surface area contributed by atoms with Gasteiger partial charge in [-0.25, -0.2) is 4.39 Å². The average Bonchev–Trinajstić information content (AvgIpc) is 2.73. The van der Waals surface area contributed by atoms with Gasteiger partial charge in [-0.15, -0.1) is 0 Å². The molecule has 0 aliphatic carbocycles. The van der Waals surface area contributed by atoms with Crippen LogP contribution in [-0.4, -0.2) is 16.3 Å². The molecule has 0 fully saturated rings. The van der Waals surface area contributed by atoms with Crippen molar-refractivity contribution >= 4 is 11.6 Å². The fourth-order valence-electron chi connectivity index (χ4n) is 1.94. The number of hydrogen-bond acceptors (Lipinski definition) is 2. The molecular weight excluding hydrogens is 253 g/mol. The summed E-state index contributed by atoms with van der Waals surface area (Å²) in [6.45, 7) is 2.72. The van der Waals surface area contributed by atoms with Gasteiger partial charge in [0, 0.05) is 29.4 Å². The van der Waals surface area contributed by atoms with Crippen LogP contribution in [0.1, 0.15) is 24.1 Å². The van der Waals surface area contributed by atoms with Gasteiger partial charge < -0.3 is 5.32 Å². The number of nitrogens with zero attached hydrogens (tertiary/aromatic N) is 2. The van der Waals surface area contributed by atoms with Gasteiger partial charge in [0.1, 0.15) is 5.82 Å². The minimum atomic E-state index is -0.308. The zero-order valence-electron chi connectivity index (χ0n) is 10.3. The van der Waals surface area contributed by atoms with Crippen LogP contribution in [0, 0.1) is 5.82 Å². The van der Waals surface area contributed by atoms with Crippen LogP contribution in [0.25, 0.3) is 0 Å². The first-order valence-electron chi connectivity index (χ1n) is 5.78. The molecule has 1 heterocycles. The summed E-state index contributed by atoms with van der Waals surface area (Å²) in [6.07, 6.45) is 3.61. The lowest BCUT2D eigenvalue weighted by molar-refractivity contribution is 0.559. The molecule has 3 nitrogen and oxygen atoms in total. The number of benzene rings is 1. The fraction of sp³-hybridized carbons (Fsp3) is 0.308. The molecule has 2 rings (SSSR count). The van der Waals surface area contributed by atoms with Gasteiger partial charge in [-0.05, 0) is 18.7 Å². The van der Waals surface area contributed by atoms with E-state index in [-0.39, 0.29) is 11.9 Å². The first-order valence-corrected chi connectivity index (χ1v) is 6.16. The number of aryl methyl sites for hydroxylation is 1. The van der Waals surface area contributed by atoms with Crippen LogP contribution in [0.5, 0.6) is 0 Å². The van der Waals surface area contributed by atoms with Gasteiger partial charge in [0.05, 0.1) is 12.2 Å². The number of nitrogens with one attached hydrogen (secondary N) is 1. The summed E-state index contributed by atoms with van der Waals surface area (Å²) in [5.41, 5.74) is 1.51. The maximum absolute atomic E-state index is 14.0. The quantitative estimate of drug-likeness (QED) is 0.923. The summed E-state index contributed by atoms with van der Waals surface area (Å²) in [5, 5.41) is 7.77. The molecule has 0 bridgehead atoms. The topological polar surface area (TPSA) is 29.9 Å². The third-order valence-corrected chi connectivity index (χ3v) is 2.98. The molecule has 0 amide bonds. The van der Waals surface area contributed by atoms with Crippen LogP contribution in [0.15, 0.2) is 30.6 Å². The van der Waals surface area contributed by atoms with Crippen LogP contribution < -0.4 is 5.32 Å². The monoisotopic (exact) mass is 267 g/mol. The Hall–Kier alpha value is -1.39. The van der Waals surface area contributed by atoms with E-state index >= 15 is 0 Å². The molecule has 0 saturated heterocycles. The molecule has 5 heteroatoms. The molecule has 1 N–H and O–H groups in total. The number of hydrogen-bond donors (Lipinski definition) is 1.